The Labute approximate surface area is 375 Å². The molecular formula is C52H59N7O5. The Kier molecular flexibility index (Phi) is 15.0. The minimum atomic E-state index is -0.992. The van der Waals surface area contributed by atoms with Gasteiger partial charge in [-0.3, -0.25) is 34.5 Å². The summed E-state index contributed by atoms with van der Waals surface area (Å²) in [6, 6.07) is 27.1. The zero-order chi connectivity index (χ0) is 45.3. The number of piperidine rings is 2. The maximum Gasteiger partial charge on any atom is 0.335 e. The molecule has 6 aromatic rings. The van der Waals surface area contributed by atoms with E-state index in [1.165, 1.54) is 11.1 Å². The number of nitrogens with zero attached hydrogens (tertiary/aromatic N) is 6. The van der Waals surface area contributed by atoms with Crippen molar-refractivity contribution in [1.29, 1.82) is 0 Å². The Hall–Kier alpha value is -6.18. The Balaban J connectivity index is 0.000000191. The number of aliphatic hydroxyl groups excluding tert-OH is 2. The molecule has 8 rings (SSSR count). The SMILES string of the molecule is Cc1cccnc1[C@H]1CCC[C@@H](c2ncccc2C)N1Cc1ccc(C(=O)O)cc1CO.Cc1cccnc1[C@H]1CCC[C@@H](c2ncccc2C)N1Cc1ccc(C(N)=O)cc1CO. The molecule has 0 radical (unpaired) electrons. The van der Waals surface area contributed by atoms with E-state index in [-0.39, 0.29) is 42.9 Å². The van der Waals surface area contributed by atoms with Crippen molar-refractivity contribution in [3.05, 3.63) is 188 Å². The van der Waals surface area contributed by atoms with Gasteiger partial charge in [0, 0.05) is 43.4 Å². The minimum absolute atomic E-state index is 0.113. The highest BCUT2D eigenvalue weighted by Crippen LogP contribution is 2.45. The molecule has 5 N–H and O–H groups in total. The average Bonchev–Trinajstić information content (AvgIpc) is 3.30. The van der Waals surface area contributed by atoms with Crippen molar-refractivity contribution in [2.75, 3.05) is 0 Å². The third kappa shape index (κ3) is 10.3. The number of hydrogen-bond acceptors (Lipinski definition) is 10. The fourth-order valence-corrected chi connectivity index (χ4v) is 9.64. The van der Waals surface area contributed by atoms with Crippen LogP contribution in [0, 0.1) is 27.7 Å². The molecule has 4 aromatic heterocycles. The van der Waals surface area contributed by atoms with Gasteiger partial charge in [-0.25, -0.2) is 4.79 Å². The number of carboxylic acids is 1. The maximum atomic E-state index is 11.6. The van der Waals surface area contributed by atoms with Crippen LogP contribution in [0.2, 0.25) is 0 Å². The van der Waals surface area contributed by atoms with Crippen molar-refractivity contribution in [1.82, 2.24) is 29.7 Å². The van der Waals surface area contributed by atoms with Crippen molar-refractivity contribution >= 4 is 11.9 Å². The Bertz CT molecular complexity index is 2300. The van der Waals surface area contributed by atoms with Crippen LogP contribution < -0.4 is 5.73 Å². The number of likely N-dealkylation sites (tertiary alicyclic amines) is 2. The van der Waals surface area contributed by atoms with E-state index >= 15 is 0 Å². The van der Waals surface area contributed by atoms with Crippen molar-refractivity contribution < 1.29 is 24.9 Å². The molecule has 12 nitrogen and oxygen atoms in total. The van der Waals surface area contributed by atoms with Gasteiger partial charge in [0.05, 0.1) is 65.7 Å². The van der Waals surface area contributed by atoms with Gasteiger partial charge in [0.25, 0.3) is 0 Å². The lowest BCUT2D eigenvalue weighted by Crippen LogP contribution is -2.37. The molecule has 6 heterocycles. The van der Waals surface area contributed by atoms with E-state index in [0.29, 0.717) is 24.2 Å². The molecule has 4 atom stereocenters. The first kappa shape index (κ1) is 45.8. The molecule has 0 aliphatic carbocycles. The average molecular weight is 862 g/mol. The van der Waals surface area contributed by atoms with Gasteiger partial charge in [-0.05, 0) is 159 Å². The lowest BCUT2D eigenvalue weighted by molar-refractivity contribution is 0.0669. The number of carbonyl (C=O) groups is 2. The highest BCUT2D eigenvalue weighted by Gasteiger charge is 2.37. The second-order valence-electron chi connectivity index (χ2n) is 17.0. The van der Waals surface area contributed by atoms with Gasteiger partial charge >= 0.3 is 5.97 Å². The molecule has 2 saturated heterocycles. The topological polar surface area (TPSA) is 179 Å². The fraction of sp³-hybridized carbons (Fsp3) is 0.346. The van der Waals surface area contributed by atoms with Crippen molar-refractivity contribution in [3.63, 3.8) is 0 Å². The quantitative estimate of drug-likeness (QED) is 0.0924. The smallest absolute Gasteiger partial charge is 0.335 e. The molecule has 64 heavy (non-hydrogen) atoms. The summed E-state index contributed by atoms with van der Waals surface area (Å²) in [5.41, 5.74) is 18.3. The minimum Gasteiger partial charge on any atom is -0.478 e. The zero-order valence-electron chi connectivity index (χ0n) is 37.2. The lowest BCUT2D eigenvalue weighted by atomic mass is 9.88. The summed E-state index contributed by atoms with van der Waals surface area (Å²) in [6.45, 7) is 9.25. The number of aromatic carboxylic acids is 1. The number of amides is 1. The molecule has 2 aliphatic rings. The number of pyridine rings is 4. The van der Waals surface area contributed by atoms with Gasteiger partial charge in [0.2, 0.25) is 5.91 Å². The van der Waals surface area contributed by atoms with Gasteiger partial charge in [-0.1, -0.05) is 36.4 Å². The van der Waals surface area contributed by atoms with Crippen LogP contribution >= 0.6 is 0 Å². The van der Waals surface area contributed by atoms with Gasteiger partial charge in [0.1, 0.15) is 0 Å². The summed E-state index contributed by atoms with van der Waals surface area (Å²) in [6.07, 6.45) is 13.6. The van der Waals surface area contributed by atoms with E-state index in [2.05, 4.69) is 61.8 Å². The monoisotopic (exact) mass is 861 g/mol. The van der Waals surface area contributed by atoms with Crippen molar-refractivity contribution in [2.45, 2.75) is 117 Å². The lowest BCUT2D eigenvalue weighted by Gasteiger charge is -2.43. The summed E-state index contributed by atoms with van der Waals surface area (Å²) >= 11 is 0. The number of aromatic nitrogens is 4. The molecule has 0 spiro atoms. The van der Waals surface area contributed by atoms with E-state index in [1.807, 2.05) is 61.2 Å². The molecule has 2 fully saturated rings. The van der Waals surface area contributed by atoms with Gasteiger partial charge in [-0.2, -0.15) is 0 Å². The Morgan fingerprint density at radius 2 is 0.859 bits per heavy atom. The van der Waals surface area contributed by atoms with Crippen LogP contribution in [0.4, 0.5) is 0 Å². The number of benzene rings is 2. The second-order valence-corrected chi connectivity index (χ2v) is 17.0. The maximum absolute atomic E-state index is 11.6. The van der Waals surface area contributed by atoms with E-state index in [9.17, 15) is 24.9 Å². The summed E-state index contributed by atoms with van der Waals surface area (Å²) in [5.74, 6) is -1.48. The van der Waals surface area contributed by atoms with Crippen LogP contribution in [0.25, 0.3) is 0 Å². The number of carboxylic acid groups (broad SMARTS) is 1. The summed E-state index contributed by atoms with van der Waals surface area (Å²) < 4.78 is 0. The molecule has 12 heteroatoms. The van der Waals surface area contributed by atoms with Crippen LogP contribution in [0.5, 0.6) is 0 Å². The van der Waals surface area contributed by atoms with Crippen LogP contribution in [-0.2, 0) is 26.3 Å². The largest absolute Gasteiger partial charge is 0.478 e. The summed E-state index contributed by atoms with van der Waals surface area (Å²) in [5, 5.41) is 29.3. The Morgan fingerprint density at radius 1 is 0.531 bits per heavy atom. The van der Waals surface area contributed by atoms with E-state index in [4.69, 9.17) is 25.7 Å². The molecular weight excluding hydrogens is 803 g/mol. The third-order valence-electron chi connectivity index (χ3n) is 13.0. The number of carbonyl (C=O) groups excluding carboxylic acids is 1. The highest BCUT2D eigenvalue weighted by atomic mass is 16.4. The molecule has 2 aromatic carbocycles. The van der Waals surface area contributed by atoms with Crippen molar-refractivity contribution in [3.8, 4) is 0 Å². The molecule has 332 valence electrons. The predicted octanol–water partition coefficient (Wildman–Crippen LogP) is 8.91. The van der Waals surface area contributed by atoms with Gasteiger partial charge < -0.3 is 21.1 Å². The molecule has 1 amide bonds. The normalized spacial score (nSPS) is 19.1. The number of rotatable bonds is 12. The van der Waals surface area contributed by atoms with Crippen LogP contribution in [0.1, 0.15) is 151 Å². The zero-order valence-corrected chi connectivity index (χ0v) is 37.2. The molecule has 0 bridgehead atoms. The van der Waals surface area contributed by atoms with Crippen LogP contribution in [-0.4, -0.2) is 56.9 Å². The number of hydrogen-bond donors (Lipinski definition) is 4. The van der Waals surface area contributed by atoms with E-state index < -0.39 is 11.9 Å². The molecule has 2 aliphatic heterocycles. The second kappa shape index (κ2) is 21.0. The predicted molar refractivity (Wildman–Crippen MR) is 246 cm³/mol. The first-order chi connectivity index (χ1) is 31.0. The number of aryl methyl sites for hydroxylation is 4. The molecule has 0 saturated carbocycles. The number of primary amides is 1. The first-order valence-corrected chi connectivity index (χ1v) is 22.1. The van der Waals surface area contributed by atoms with Gasteiger partial charge in [-0.15, -0.1) is 0 Å². The van der Waals surface area contributed by atoms with E-state index in [1.54, 1.807) is 24.3 Å². The fourth-order valence-electron chi connectivity index (χ4n) is 9.64. The number of nitrogens with two attached hydrogens (primary N) is 1. The van der Waals surface area contributed by atoms with E-state index in [0.717, 1.165) is 89.1 Å². The summed E-state index contributed by atoms with van der Waals surface area (Å²) in [4.78, 5) is 46.9. The van der Waals surface area contributed by atoms with Crippen LogP contribution in [0.15, 0.2) is 110 Å². The molecule has 0 unspecified atom stereocenters. The first-order valence-electron chi connectivity index (χ1n) is 22.1. The third-order valence-corrected chi connectivity index (χ3v) is 13.0. The van der Waals surface area contributed by atoms with Crippen molar-refractivity contribution in [2.24, 2.45) is 5.73 Å². The van der Waals surface area contributed by atoms with Crippen LogP contribution in [0.3, 0.4) is 0 Å². The Morgan fingerprint density at radius 3 is 1.16 bits per heavy atom. The highest BCUT2D eigenvalue weighted by molar-refractivity contribution is 5.93. The van der Waals surface area contributed by atoms with Gasteiger partial charge in [0.15, 0.2) is 0 Å². The number of aliphatic hydroxyl groups is 2. The summed E-state index contributed by atoms with van der Waals surface area (Å²) in [7, 11) is 0. The standard InChI is InChI=1S/C26H30N4O2.C26H29N3O3/c1-17-6-4-12-28-24(17)22-8-3-9-23(25-18(2)7-5-13-29-25)30(22)15-20-11-10-19(26(27)32)14-21(20)16-31;1-17-6-4-12-27-24(17)22-8-3-9-23(25-18(2)7-5-13-28-25)29(22)15-20-11-10-19(26(31)32)14-21(20)16-30/h4-7,10-14,22-23,31H,3,8-9,15-16H2,1-2H3,(H2,27,32);4-7,10-14,22-23,30H,3,8-9,15-16H2,1-2H3,(H,31,32)/t2*22-,23+.